The van der Waals surface area contributed by atoms with Crippen LogP contribution in [0.3, 0.4) is 0 Å². The second kappa shape index (κ2) is 12.5. The minimum Gasteiger partial charge on any atom is -0.488 e. The predicted octanol–water partition coefficient (Wildman–Crippen LogP) is 4.44. The minimum atomic E-state index is -0.662. The first-order valence-corrected chi connectivity index (χ1v) is 15.2. The Labute approximate surface area is 268 Å². The number of nitrogens with zero attached hydrogens (tertiary/aromatic N) is 3. The van der Waals surface area contributed by atoms with Crippen molar-refractivity contribution in [2.75, 3.05) is 19.7 Å². The topological polar surface area (TPSA) is 136 Å². The van der Waals surface area contributed by atoms with Gasteiger partial charge in [0.15, 0.2) is 18.1 Å². The third-order valence-electron chi connectivity index (χ3n) is 8.14. The highest BCUT2D eigenvalue weighted by Gasteiger charge is 2.35. The number of hydrogen-bond acceptors (Lipinski definition) is 8. The predicted molar refractivity (Wildman–Crippen MR) is 168 cm³/mol. The standard InChI is InChI=1S/C35H30FN5O6/c1-20-39-29-6-5-23(13-32(29)46-20)35(44)41-8-7-31-30(18-41)40-34(43)25-11-24(16-37-17-25)22-3-2-4-27(12-22)45-19-33(42)38-15-21-9-26(36)14-28(10-21)47-31/h2-6,9-14,16-17,30-31H,7-8,15,18-19H2,1H3,(H,38,42)(H,40,43)/t30-,31+/m1/s1. The molecule has 0 spiro atoms. The zero-order chi connectivity index (χ0) is 32.5. The smallest absolute Gasteiger partial charge is 0.258 e. The molecular weight excluding hydrogens is 605 g/mol. The van der Waals surface area contributed by atoms with Crippen molar-refractivity contribution in [2.24, 2.45) is 0 Å². The summed E-state index contributed by atoms with van der Waals surface area (Å²) in [4.78, 5) is 50.2. The van der Waals surface area contributed by atoms with Crippen molar-refractivity contribution in [3.8, 4) is 22.6 Å². The van der Waals surface area contributed by atoms with Crippen molar-refractivity contribution in [2.45, 2.75) is 32.0 Å². The lowest BCUT2D eigenvalue weighted by molar-refractivity contribution is -0.123. The molecule has 4 heterocycles. The fourth-order valence-corrected chi connectivity index (χ4v) is 5.86. The van der Waals surface area contributed by atoms with Gasteiger partial charge in [0.05, 0.1) is 11.6 Å². The van der Waals surface area contributed by atoms with Gasteiger partial charge in [-0.3, -0.25) is 19.4 Å². The van der Waals surface area contributed by atoms with E-state index in [1.807, 2.05) is 6.07 Å². The Kier molecular flexibility index (Phi) is 7.98. The third-order valence-corrected chi connectivity index (χ3v) is 8.14. The molecule has 2 N–H and O–H groups in total. The number of benzene rings is 3. The van der Waals surface area contributed by atoms with Crippen LogP contribution in [0.4, 0.5) is 4.39 Å². The van der Waals surface area contributed by atoms with E-state index in [0.29, 0.717) is 58.0 Å². The highest BCUT2D eigenvalue weighted by atomic mass is 19.1. The van der Waals surface area contributed by atoms with Crippen LogP contribution in [0.2, 0.25) is 0 Å². The number of likely N-dealkylation sites (tertiary alicyclic amines) is 1. The number of aryl methyl sites for hydroxylation is 1. The van der Waals surface area contributed by atoms with Crippen molar-refractivity contribution in [3.05, 3.63) is 108 Å². The number of piperidine rings is 1. The van der Waals surface area contributed by atoms with E-state index in [-0.39, 0.29) is 37.3 Å². The van der Waals surface area contributed by atoms with E-state index in [2.05, 4.69) is 20.6 Å². The lowest BCUT2D eigenvalue weighted by Gasteiger charge is -2.39. The van der Waals surface area contributed by atoms with Gasteiger partial charge in [-0.1, -0.05) is 12.1 Å². The van der Waals surface area contributed by atoms with Gasteiger partial charge in [-0.25, -0.2) is 9.37 Å². The van der Waals surface area contributed by atoms with Crippen LogP contribution in [0.25, 0.3) is 22.2 Å². The first kappa shape index (κ1) is 29.9. The van der Waals surface area contributed by atoms with Crippen LogP contribution in [0.1, 0.15) is 38.6 Å². The molecule has 2 atom stereocenters. The molecule has 12 heteroatoms. The number of carbonyl (C=O) groups is 3. The molecule has 2 aromatic heterocycles. The van der Waals surface area contributed by atoms with Crippen LogP contribution in [0.15, 0.2) is 83.5 Å². The average molecular weight is 636 g/mol. The summed E-state index contributed by atoms with van der Waals surface area (Å²) in [6, 6.07) is 17.5. The van der Waals surface area contributed by atoms with Gasteiger partial charge in [0, 0.05) is 62.6 Å². The molecule has 0 saturated carbocycles. The number of hydrogen-bond donors (Lipinski definition) is 2. The highest BCUT2D eigenvalue weighted by Crippen LogP contribution is 2.27. The van der Waals surface area contributed by atoms with Gasteiger partial charge in [-0.05, 0) is 59.7 Å². The first-order chi connectivity index (χ1) is 22.8. The second-order valence-corrected chi connectivity index (χ2v) is 11.5. The Bertz CT molecular complexity index is 2010. The van der Waals surface area contributed by atoms with Crippen LogP contribution in [-0.4, -0.2) is 64.4 Å². The molecular formula is C35H30FN5O6. The number of carbonyl (C=O) groups excluding carboxylic acids is 3. The number of amides is 3. The van der Waals surface area contributed by atoms with E-state index >= 15 is 0 Å². The Hall–Kier alpha value is -5.78. The maximum absolute atomic E-state index is 14.7. The Morgan fingerprint density at radius 3 is 2.74 bits per heavy atom. The van der Waals surface area contributed by atoms with Crippen LogP contribution in [0, 0.1) is 12.7 Å². The van der Waals surface area contributed by atoms with Crippen molar-refractivity contribution >= 4 is 28.8 Å². The molecule has 0 radical (unpaired) electrons. The number of ether oxygens (including phenoxy) is 2. The summed E-state index contributed by atoms with van der Waals surface area (Å²) in [5.74, 6) is -0.379. The average Bonchev–Trinajstić information content (AvgIpc) is 3.45. The Morgan fingerprint density at radius 2 is 1.85 bits per heavy atom. The molecule has 2 aliphatic heterocycles. The summed E-state index contributed by atoms with van der Waals surface area (Å²) in [7, 11) is 0. The summed E-state index contributed by atoms with van der Waals surface area (Å²) in [6.45, 7) is 2.01. The van der Waals surface area contributed by atoms with Gasteiger partial charge in [0.25, 0.3) is 17.7 Å². The number of halogens is 1. The maximum atomic E-state index is 14.7. The van der Waals surface area contributed by atoms with Crippen molar-refractivity contribution in [1.82, 2.24) is 25.5 Å². The van der Waals surface area contributed by atoms with Gasteiger partial charge < -0.3 is 29.4 Å². The van der Waals surface area contributed by atoms with Gasteiger partial charge in [-0.15, -0.1) is 0 Å². The molecule has 238 valence electrons. The van der Waals surface area contributed by atoms with Crippen LogP contribution < -0.4 is 20.1 Å². The Balaban J connectivity index is 1.21. The zero-order valence-electron chi connectivity index (χ0n) is 25.4. The Morgan fingerprint density at radius 1 is 0.979 bits per heavy atom. The second-order valence-electron chi connectivity index (χ2n) is 11.5. The molecule has 2 aliphatic rings. The fourth-order valence-electron chi connectivity index (χ4n) is 5.86. The lowest BCUT2D eigenvalue weighted by Crippen LogP contribution is -2.58. The minimum absolute atomic E-state index is 0.0516. The van der Waals surface area contributed by atoms with Gasteiger partial charge in [-0.2, -0.15) is 0 Å². The number of oxazole rings is 1. The fraction of sp³-hybridized carbons (Fsp3) is 0.229. The summed E-state index contributed by atoms with van der Waals surface area (Å²) in [5, 5.41) is 5.79. The quantitative estimate of drug-likeness (QED) is 0.276. The van der Waals surface area contributed by atoms with Gasteiger partial charge in [0.1, 0.15) is 28.9 Å². The number of nitrogens with one attached hydrogen (secondary N) is 2. The molecule has 47 heavy (non-hydrogen) atoms. The maximum Gasteiger partial charge on any atom is 0.258 e. The van der Waals surface area contributed by atoms with Crippen LogP contribution in [0.5, 0.6) is 11.5 Å². The largest absolute Gasteiger partial charge is 0.488 e. The SMILES string of the molecule is Cc1nc2ccc(C(=O)N3CC[C@@H]4Oc5cc(F)cc(c5)CNC(=O)COc5cccc(c5)-c5cncc(c5)C(=O)N[C@@H]4C3)cc2o1. The van der Waals surface area contributed by atoms with E-state index in [1.165, 1.54) is 18.3 Å². The monoisotopic (exact) mass is 635 g/mol. The number of rotatable bonds is 1. The molecule has 0 unspecified atom stereocenters. The number of fused-ring (bicyclic) bond motifs is 9. The summed E-state index contributed by atoms with van der Waals surface area (Å²) in [5.41, 5.74) is 3.79. The highest BCUT2D eigenvalue weighted by molar-refractivity contribution is 5.98. The van der Waals surface area contributed by atoms with Crippen LogP contribution in [-0.2, 0) is 11.3 Å². The van der Waals surface area contributed by atoms with E-state index in [1.54, 1.807) is 66.6 Å². The molecule has 3 amide bonds. The van der Waals surface area contributed by atoms with E-state index in [4.69, 9.17) is 13.9 Å². The van der Waals surface area contributed by atoms with Crippen molar-refractivity contribution in [3.63, 3.8) is 0 Å². The summed E-state index contributed by atoms with van der Waals surface area (Å²) < 4.78 is 32.3. The molecule has 6 bridgehead atoms. The third kappa shape index (κ3) is 6.62. The molecule has 11 nitrogen and oxygen atoms in total. The molecule has 5 aromatic rings. The molecule has 7 rings (SSSR count). The van der Waals surface area contributed by atoms with E-state index < -0.39 is 23.9 Å². The van der Waals surface area contributed by atoms with E-state index in [0.717, 1.165) is 5.56 Å². The van der Waals surface area contributed by atoms with Gasteiger partial charge >= 0.3 is 0 Å². The van der Waals surface area contributed by atoms with E-state index in [9.17, 15) is 18.8 Å². The normalized spacial score (nSPS) is 18.4. The van der Waals surface area contributed by atoms with Crippen molar-refractivity contribution < 1.29 is 32.7 Å². The van der Waals surface area contributed by atoms with Crippen LogP contribution >= 0.6 is 0 Å². The molecule has 3 aromatic carbocycles. The number of pyridine rings is 1. The van der Waals surface area contributed by atoms with Crippen molar-refractivity contribution in [1.29, 1.82) is 0 Å². The molecule has 1 saturated heterocycles. The molecule has 1 fully saturated rings. The summed E-state index contributed by atoms with van der Waals surface area (Å²) >= 11 is 0. The number of aromatic nitrogens is 2. The first-order valence-electron chi connectivity index (χ1n) is 15.2. The zero-order valence-corrected chi connectivity index (χ0v) is 25.4. The lowest BCUT2D eigenvalue weighted by atomic mass is 9.99. The van der Waals surface area contributed by atoms with Gasteiger partial charge in [0.2, 0.25) is 0 Å². The molecule has 0 aliphatic carbocycles. The summed E-state index contributed by atoms with van der Waals surface area (Å²) in [6.07, 6.45) is 2.84.